The summed E-state index contributed by atoms with van der Waals surface area (Å²) in [5, 5.41) is 5.94. The van der Waals surface area contributed by atoms with Crippen LogP contribution in [0.4, 0.5) is 11.6 Å². The first-order valence-electron chi connectivity index (χ1n) is 4.85. The monoisotopic (exact) mass is 207 g/mol. The number of amides is 1. The van der Waals surface area contributed by atoms with Gasteiger partial charge in [0.05, 0.1) is 0 Å². The average molecular weight is 207 g/mol. The summed E-state index contributed by atoms with van der Waals surface area (Å²) in [6.07, 6.45) is 4.46. The van der Waals surface area contributed by atoms with Gasteiger partial charge in [-0.3, -0.25) is 4.79 Å². The summed E-state index contributed by atoms with van der Waals surface area (Å²) in [5.41, 5.74) is 5.64. The van der Waals surface area contributed by atoms with E-state index in [0.717, 1.165) is 6.42 Å². The Hall–Kier alpha value is -1.85. The van der Waals surface area contributed by atoms with E-state index in [9.17, 15) is 4.79 Å². The van der Waals surface area contributed by atoms with E-state index in [2.05, 4.69) is 20.6 Å². The van der Waals surface area contributed by atoms with Gasteiger partial charge in [0.1, 0.15) is 0 Å². The number of piperidine rings is 1. The molecule has 2 heterocycles. The molecule has 1 unspecified atom stereocenters. The molecule has 6 heteroatoms. The smallest absolute Gasteiger partial charge is 0.220 e. The van der Waals surface area contributed by atoms with Gasteiger partial charge in [-0.05, 0) is 6.42 Å². The second-order valence-electron chi connectivity index (χ2n) is 3.47. The Kier molecular flexibility index (Phi) is 2.66. The molecule has 1 aromatic heterocycles. The highest BCUT2D eigenvalue weighted by Crippen LogP contribution is 2.14. The fraction of sp³-hybridized carbons (Fsp3) is 0.444. The molecule has 2 rings (SSSR count). The van der Waals surface area contributed by atoms with Crippen molar-refractivity contribution in [2.75, 3.05) is 17.6 Å². The van der Waals surface area contributed by atoms with Crippen LogP contribution in [0.3, 0.4) is 0 Å². The van der Waals surface area contributed by atoms with Gasteiger partial charge in [0.2, 0.25) is 5.91 Å². The second kappa shape index (κ2) is 4.12. The molecule has 1 aromatic rings. The minimum absolute atomic E-state index is 0.0974. The maximum Gasteiger partial charge on any atom is 0.220 e. The zero-order valence-electron chi connectivity index (χ0n) is 8.23. The number of nitrogens with zero attached hydrogens (tertiary/aromatic N) is 2. The third-order valence-corrected chi connectivity index (χ3v) is 2.33. The van der Waals surface area contributed by atoms with E-state index >= 15 is 0 Å². The zero-order chi connectivity index (χ0) is 10.7. The normalized spacial score (nSPS) is 20.8. The number of nitrogen functional groups attached to an aromatic ring is 1. The molecule has 6 nitrogen and oxygen atoms in total. The highest BCUT2D eigenvalue weighted by Gasteiger charge is 2.18. The first-order chi connectivity index (χ1) is 7.25. The molecule has 0 aromatic carbocycles. The van der Waals surface area contributed by atoms with Gasteiger partial charge < -0.3 is 16.4 Å². The lowest BCUT2D eigenvalue weighted by Crippen LogP contribution is -2.42. The Labute approximate surface area is 87.3 Å². The van der Waals surface area contributed by atoms with E-state index < -0.39 is 0 Å². The molecule has 0 spiro atoms. The van der Waals surface area contributed by atoms with E-state index in [1.807, 2.05) is 0 Å². The van der Waals surface area contributed by atoms with E-state index in [0.29, 0.717) is 24.6 Å². The highest BCUT2D eigenvalue weighted by atomic mass is 16.1. The Morgan fingerprint density at radius 2 is 2.27 bits per heavy atom. The van der Waals surface area contributed by atoms with Gasteiger partial charge in [-0.1, -0.05) is 0 Å². The van der Waals surface area contributed by atoms with Gasteiger partial charge >= 0.3 is 0 Å². The molecule has 1 aliphatic heterocycles. The van der Waals surface area contributed by atoms with E-state index in [4.69, 9.17) is 5.73 Å². The number of hydrogen-bond donors (Lipinski definition) is 3. The van der Waals surface area contributed by atoms with Gasteiger partial charge in [0.25, 0.3) is 0 Å². The third kappa shape index (κ3) is 2.34. The fourth-order valence-corrected chi connectivity index (χ4v) is 1.51. The SMILES string of the molecule is Nc1nccnc1NC1CCC(=O)NC1. The first-order valence-corrected chi connectivity index (χ1v) is 4.85. The Morgan fingerprint density at radius 1 is 1.47 bits per heavy atom. The number of nitrogens with two attached hydrogens (primary N) is 1. The maximum absolute atomic E-state index is 10.9. The van der Waals surface area contributed by atoms with Gasteiger partial charge in [0, 0.05) is 31.4 Å². The van der Waals surface area contributed by atoms with Crippen LogP contribution in [0.2, 0.25) is 0 Å². The maximum atomic E-state index is 10.9. The average Bonchev–Trinajstić information content (AvgIpc) is 2.25. The van der Waals surface area contributed by atoms with Crippen LogP contribution < -0.4 is 16.4 Å². The van der Waals surface area contributed by atoms with Crippen LogP contribution in [0.5, 0.6) is 0 Å². The molecule has 4 N–H and O–H groups in total. The van der Waals surface area contributed by atoms with Crippen molar-refractivity contribution in [2.24, 2.45) is 0 Å². The van der Waals surface area contributed by atoms with Gasteiger partial charge in [-0.2, -0.15) is 0 Å². The zero-order valence-corrected chi connectivity index (χ0v) is 8.23. The standard InChI is InChI=1S/C9H13N5O/c10-8-9(12-4-3-11-8)14-6-1-2-7(15)13-5-6/h3-4,6H,1-2,5H2,(H2,10,11)(H,12,14)(H,13,15). The van der Waals surface area contributed by atoms with Gasteiger partial charge in [-0.25, -0.2) is 9.97 Å². The molecule has 0 radical (unpaired) electrons. The molecule has 1 atom stereocenters. The Balaban J connectivity index is 1.97. The predicted octanol–water partition coefficient (Wildman–Crippen LogP) is -0.251. The van der Waals surface area contributed by atoms with Crippen LogP contribution in [-0.4, -0.2) is 28.5 Å². The summed E-state index contributed by atoms with van der Waals surface area (Å²) in [6, 6.07) is 0.182. The van der Waals surface area contributed by atoms with Crippen molar-refractivity contribution < 1.29 is 4.79 Å². The molecular weight excluding hydrogens is 194 g/mol. The topological polar surface area (TPSA) is 92.9 Å². The van der Waals surface area contributed by atoms with Crippen molar-refractivity contribution in [1.29, 1.82) is 0 Å². The van der Waals surface area contributed by atoms with Crippen molar-refractivity contribution >= 4 is 17.5 Å². The summed E-state index contributed by atoms with van der Waals surface area (Å²) in [4.78, 5) is 18.9. The van der Waals surface area contributed by atoms with Crippen LogP contribution in [0.1, 0.15) is 12.8 Å². The van der Waals surface area contributed by atoms with Crippen molar-refractivity contribution in [3.8, 4) is 0 Å². The number of carbonyl (C=O) groups is 1. The van der Waals surface area contributed by atoms with Crippen molar-refractivity contribution in [2.45, 2.75) is 18.9 Å². The molecule has 1 amide bonds. The van der Waals surface area contributed by atoms with E-state index in [-0.39, 0.29) is 11.9 Å². The number of anilines is 2. The molecule has 0 saturated carbocycles. The first kappa shape index (κ1) is 9.70. The second-order valence-corrected chi connectivity index (χ2v) is 3.47. The molecular formula is C9H13N5O. The summed E-state index contributed by atoms with van der Waals surface area (Å²) in [7, 11) is 0. The summed E-state index contributed by atoms with van der Waals surface area (Å²) < 4.78 is 0. The van der Waals surface area contributed by atoms with Crippen LogP contribution in [0.15, 0.2) is 12.4 Å². The lowest BCUT2D eigenvalue weighted by molar-refractivity contribution is -0.122. The number of carbonyl (C=O) groups excluding carboxylic acids is 1. The Bertz CT molecular complexity index is 357. The molecule has 1 fully saturated rings. The summed E-state index contributed by atoms with van der Waals surface area (Å²) in [6.45, 7) is 0.606. The lowest BCUT2D eigenvalue weighted by Gasteiger charge is -2.24. The predicted molar refractivity (Wildman–Crippen MR) is 56.1 cm³/mol. The molecule has 1 aliphatic rings. The quantitative estimate of drug-likeness (QED) is 0.621. The molecule has 15 heavy (non-hydrogen) atoms. The van der Waals surface area contributed by atoms with E-state index in [1.165, 1.54) is 0 Å². The van der Waals surface area contributed by atoms with Gasteiger partial charge in [0.15, 0.2) is 11.6 Å². The van der Waals surface area contributed by atoms with Crippen LogP contribution in [0.25, 0.3) is 0 Å². The number of aromatic nitrogens is 2. The summed E-state index contributed by atoms with van der Waals surface area (Å²) in [5.74, 6) is 1.06. The Morgan fingerprint density at radius 3 is 2.93 bits per heavy atom. The fourth-order valence-electron chi connectivity index (χ4n) is 1.51. The van der Waals surface area contributed by atoms with E-state index in [1.54, 1.807) is 12.4 Å². The molecule has 0 bridgehead atoms. The number of rotatable bonds is 2. The third-order valence-electron chi connectivity index (χ3n) is 2.33. The van der Waals surface area contributed by atoms with Crippen molar-refractivity contribution in [3.63, 3.8) is 0 Å². The minimum Gasteiger partial charge on any atom is -0.381 e. The number of hydrogen-bond acceptors (Lipinski definition) is 5. The largest absolute Gasteiger partial charge is 0.381 e. The minimum atomic E-state index is 0.0974. The van der Waals surface area contributed by atoms with Crippen molar-refractivity contribution in [3.05, 3.63) is 12.4 Å². The molecule has 80 valence electrons. The summed E-state index contributed by atoms with van der Waals surface area (Å²) >= 11 is 0. The van der Waals surface area contributed by atoms with Crippen molar-refractivity contribution in [1.82, 2.24) is 15.3 Å². The number of nitrogens with one attached hydrogen (secondary N) is 2. The molecule has 0 aliphatic carbocycles. The van der Waals surface area contributed by atoms with Gasteiger partial charge in [-0.15, -0.1) is 0 Å². The lowest BCUT2D eigenvalue weighted by atomic mass is 10.1. The van der Waals surface area contributed by atoms with Crippen LogP contribution in [-0.2, 0) is 4.79 Å². The molecule has 1 saturated heterocycles. The van der Waals surface area contributed by atoms with Crippen LogP contribution in [0, 0.1) is 0 Å². The highest BCUT2D eigenvalue weighted by molar-refractivity contribution is 5.77. The van der Waals surface area contributed by atoms with Crippen LogP contribution >= 0.6 is 0 Å².